The molecule has 28 heavy (non-hydrogen) atoms. The van der Waals surface area contributed by atoms with Crippen LogP contribution < -0.4 is 5.32 Å². The van der Waals surface area contributed by atoms with E-state index in [1.165, 1.54) is 0 Å². The van der Waals surface area contributed by atoms with Crippen molar-refractivity contribution in [2.24, 2.45) is 0 Å². The molecule has 0 fully saturated rings. The van der Waals surface area contributed by atoms with Gasteiger partial charge in [-0.05, 0) is 24.1 Å². The van der Waals surface area contributed by atoms with Crippen LogP contribution in [0, 0.1) is 0 Å². The first-order chi connectivity index (χ1) is 13.3. The van der Waals surface area contributed by atoms with Crippen LogP contribution in [-0.4, -0.2) is 25.8 Å². The Hall–Kier alpha value is -2.48. The maximum Gasteiger partial charge on any atom is 0.226 e. The van der Waals surface area contributed by atoms with E-state index in [9.17, 15) is 4.79 Å². The molecule has 0 saturated carbocycles. The molecule has 0 aliphatic heterocycles. The highest BCUT2D eigenvalue weighted by Crippen LogP contribution is 2.19. The number of nitrogens with zero attached hydrogens (tertiary/aromatic N) is 4. The number of halogens is 1. The summed E-state index contributed by atoms with van der Waals surface area (Å²) in [5, 5.41) is 11.2. The molecule has 3 rings (SSSR count). The molecular weight excluding hydrogens is 422 g/mol. The fraction of sp³-hybridized carbons (Fsp3) is 0.400. The zero-order chi connectivity index (χ0) is 20.1. The Labute approximate surface area is 172 Å². The van der Waals surface area contributed by atoms with Crippen LogP contribution in [0.5, 0.6) is 0 Å². The van der Waals surface area contributed by atoms with E-state index in [4.69, 9.17) is 4.52 Å². The number of nitrogens with one attached hydrogen (secondary N) is 1. The van der Waals surface area contributed by atoms with Crippen molar-refractivity contribution in [3.63, 3.8) is 0 Å². The van der Waals surface area contributed by atoms with E-state index < -0.39 is 0 Å². The fourth-order valence-corrected chi connectivity index (χ4v) is 2.86. The summed E-state index contributed by atoms with van der Waals surface area (Å²) in [6.07, 6.45) is 3.27. The minimum absolute atomic E-state index is 0.0619. The van der Waals surface area contributed by atoms with Gasteiger partial charge in [0, 0.05) is 28.8 Å². The van der Waals surface area contributed by atoms with Gasteiger partial charge in [0.1, 0.15) is 5.82 Å². The molecule has 2 aromatic heterocycles. The van der Waals surface area contributed by atoms with Crippen molar-refractivity contribution in [1.82, 2.24) is 19.9 Å². The Balaban J connectivity index is 1.49. The Kier molecular flexibility index (Phi) is 6.28. The lowest BCUT2D eigenvalue weighted by Gasteiger charge is -2.10. The molecule has 0 radical (unpaired) electrons. The van der Waals surface area contributed by atoms with Crippen LogP contribution in [0.4, 0.5) is 5.82 Å². The molecule has 3 aromatic rings. The Morgan fingerprint density at radius 2 is 1.96 bits per heavy atom. The van der Waals surface area contributed by atoms with Crippen molar-refractivity contribution in [3.8, 4) is 0 Å². The topological polar surface area (TPSA) is 85.8 Å². The van der Waals surface area contributed by atoms with Crippen LogP contribution in [-0.2, 0) is 23.2 Å². The van der Waals surface area contributed by atoms with Crippen LogP contribution in [0.15, 0.2) is 45.5 Å². The molecule has 0 aliphatic carbocycles. The number of aryl methyl sites for hydroxylation is 1. The van der Waals surface area contributed by atoms with E-state index in [0.29, 0.717) is 43.3 Å². The normalized spacial score (nSPS) is 11.6. The third kappa shape index (κ3) is 5.51. The second-order valence-electron chi connectivity index (χ2n) is 7.66. The number of carbonyl (C=O) groups excluding carboxylic acids is 1. The minimum Gasteiger partial charge on any atom is -0.339 e. The van der Waals surface area contributed by atoms with Crippen molar-refractivity contribution in [2.75, 3.05) is 5.32 Å². The number of rotatable bonds is 7. The summed E-state index contributed by atoms with van der Waals surface area (Å²) < 4.78 is 8.06. The van der Waals surface area contributed by atoms with E-state index in [2.05, 4.69) is 36.5 Å². The standard InChI is InChI=1S/C20H24BrN5O2/c1-20(2,3)19-24-18(28-25-19)6-4-5-17(27)23-16-11-12-22-26(16)13-14-7-9-15(21)10-8-14/h7-12H,4-6,13H2,1-3H3,(H,23,27). The zero-order valence-electron chi connectivity index (χ0n) is 16.3. The third-order valence-electron chi connectivity index (χ3n) is 4.16. The first-order valence-corrected chi connectivity index (χ1v) is 10.00. The van der Waals surface area contributed by atoms with Gasteiger partial charge >= 0.3 is 0 Å². The lowest BCUT2D eigenvalue weighted by molar-refractivity contribution is -0.116. The molecule has 1 aromatic carbocycles. The maximum absolute atomic E-state index is 12.3. The highest BCUT2D eigenvalue weighted by Gasteiger charge is 2.20. The summed E-state index contributed by atoms with van der Waals surface area (Å²) in [4.78, 5) is 16.7. The minimum atomic E-state index is -0.146. The molecule has 0 bridgehead atoms. The molecule has 7 nitrogen and oxygen atoms in total. The van der Waals surface area contributed by atoms with Gasteiger partial charge in [-0.2, -0.15) is 10.1 Å². The van der Waals surface area contributed by atoms with E-state index in [1.54, 1.807) is 16.9 Å². The average Bonchev–Trinajstić information content (AvgIpc) is 3.27. The van der Waals surface area contributed by atoms with Gasteiger partial charge in [0.2, 0.25) is 11.8 Å². The van der Waals surface area contributed by atoms with Gasteiger partial charge < -0.3 is 9.84 Å². The fourth-order valence-electron chi connectivity index (χ4n) is 2.59. The molecule has 0 atom stereocenters. The second kappa shape index (κ2) is 8.68. The van der Waals surface area contributed by atoms with E-state index in [0.717, 1.165) is 10.0 Å². The molecule has 1 amide bonds. The van der Waals surface area contributed by atoms with Gasteiger partial charge in [-0.15, -0.1) is 0 Å². The monoisotopic (exact) mass is 445 g/mol. The van der Waals surface area contributed by atoms with Gasteiger partial charge in [0.05, 0.1) is 12.7 Å². The third-order valence-corrected chi connectivity index (χ3v) is 4.69. The van der Waals surface area contributed by atoms with Crippen LogP contribution in [0.3, 0.4) is 0 Å². The zero-order valence-corrected chi connectivity index (χ0v) is 17.9. The summed E-state index contributed by atoms with van der Waals surface area (Å²) >= 11 is 3.43. The summed E-state index contributed by atoms with van der Waals surface area (Å²) in [7, 11) is 0. The van der Waals surface area contributed by atoms with Crippen LogP contribution in [0.25, 0.3) is 0 Å². The van der Waals surface area contributed by atoms with Crippen LogP contribution in [0.2, 0.25) is 0 Å². The summed E-state index contributed by atoms with van der Waals surface area (Å²) in [6, 6.07) is 9.81. The van der Waals surface area contributed by atoms with E-state index >= 15 is 0 Å². The van der Waals surface area contributed by atoms with Gasteiger partial charge in [-0.25, -0.2) is 4.68 Å². The van der Waals surface area contributed by atoms with Crippen molar-refractivity contribution < 1.29 is 9.32 Å². The number of amides is 1. The molecular formula is C20H24BrN5O2. The Morgan fingerprint density at radius 1 is 1.21 bits per heavy atom. The smallest absolute Gasteiger partial charge is 0.226 e. The maximum atomic E-state index is 12.3. The van der Waals surface area contributed by atoms with Crippen LogP contribution >= 0.6 is 15.9 Å². The van der Waals surface area contributed by atoms with Crippen LogP contribution in [0.1, 0.15) is 50.9 Å². The highest BCUT2D eigenvalue weighted by molar-refractivity contribution is 9.10. The van der Waals surface area contributed by atoms with Gasteiger partial charge in [-0.1, -0.05) is 54.0 Å². The van der Waals surface area contributed by atoms with Crippen molar-refractivity contribution in [3.05, 3.63) is 58.3 Å². The lowest BCUT2D eigenvalue weighted by atomic mass is 9.96. The van der Waals surface area contributed by atoms with Crippen molar-refractivity contribution in [2.45, 2.75) is 52.0 Å². The molecule has 8 heteroatoms. The number of aromatic nitrogens is 4. The number of hydrogen-bond donors (Lipinski definition) is 1. The molecule has 2 heterocycles. The highest BCUT2D eigenvalue weighted by atomic mass is 79.9. The first kappa shape index (κ1) is 20.3. The molecule has 0 unspecified atom stereocenters. The SMILES string of the molecule is CC(C)(C)c1noc(CCCC(=O)Nc2ccnn2Cc2ccc(Br)cc2)n1. The Bertz CT molecular complexity index is 925. The molecule has 0 saturated heterocycles. The number of benzene rings is 1. The molecule has 148 valence electrons. The number of anilines is 1. The molecule has 0 aliphatic rings. The summed E-state index contributed by atoms with van der Waals surface area (Å²) in [5.74, 6) is 1.87. The predicted molar refractivity (Wildman–Crippen MR) is 110 cm³/mol. The van der Waals surface area contributed by atoms with Gasteiger partial charge in [0.15, 0.2) is 5.82 Å². The average molecular weight is 446 g/mol. The molecule has 1 N–H and O–H groups in total. The summed E-state index contributed by atoms with van der Waals surface area (Å²) in [5.41, 5.74) is 0.959. The lowest BCUT2D eigenvalue weighted by Crippen LogP contribution is -2.16. The summed E-state index contributed by atoms with van der Waals surface area (Å²) in [6.45, 7) is 6.69. The quantitative estimate of drug-likeness (QED) is 0.584. The first-order valence-electron chi connectivity index (χ1n) is 9.20. The van der Waals surface area contributed by atoms with Crippen molar-refractivity contribution in [1.29, 1.82) is 0 Å². The number of carbonyl (C=O) groups is 1. The largest absolute Gasteiger partial charge is 0.339 e. The second-order valence-corrected chi connectivity index (χ2v) is 8.58. The molecule has 0 spiro atoms. The van der Waals surface area contributed by atoms with E-state index in [1.807, 2.05) is 45.0 Å². The van der Waals surface area contributed by atoms with Crippen molar-refractivity contribution >= 4 is 27.7 Å². The van der Waals surface area contributed by atoms with Gasteiger partial charge in [0.25, 0.3) is 0 Å². The van der Waals surface area contributed by atoms with E-state index in [-0.39, 0.29) is 11.3 Å². The number of hydrogen-bond acceptors (Lipinski definition) is 5. The Morgan fingerprint density at radius 3 is 2.64 bits per heavy atom. The van der Waals surface area contributed by atoms with Gasteiger partial charge in [-0.3, -0.25) is 4.79 Å². The predicted octanol–water partition coefficient (Wildman–Crippen LogP) is 4.34.